The lowest BCUT2D eigenvalue weighted by Crippen LogP contribution is -2.38. The Hall–Kier alpha value is -3.18. The van der Waals surface area contributed by atoms with Crippen LogP contribution in [0.5, 0.6) is 0 Å². The molecule has 12 heteroatoms. The summed E-state index contributed by atoms with van der Waals surface area (Å²) >= 11 is 0. The van der Waals surface area contributed by atoms with Gasteiger partial charge in [-0.05, 0) is 25.0 Å². The minimum Gasteiger partial charge on any atom is -0.366 e. The molecule has 1 aromatic heterocycles. The molecule has 9 nitrogen and oxygen atoms in total. The molecule has 2 aromatic rings. The molecule has 0 saturated carbocycles. The summed E-state index contributed by atoms with van der Waals surface area (Å²) in [5.41, 5.74) is -1.56. The number of aromatic amines is 1. The van der Waals surface area contributed by atoms with Crippen molar-refractivity contribution in [2.24, 2.45) is 5.92 Å². The summed E-state index contributed by atoms with van der Waals surface area (Å²) in [6.45, 7) is 0.612. The van der Waals surface area contributed by atoms with E-state index in [1.807, 2.05) is 0 Å². The molecule has 0 spiro atoms. The minimum absolute atomic E-state index is 0.113. The summed E-state index contributed by atoms with van der Waals surface area (Å²) in [5.74, 6) is -0.367. The number of piperidine rings is 1. The molecule has 1 amide bonds. The standard InChI is InChI=1S/C15H15F3N6O3/c16-15(17,18)10-1-2-11(12(7-10)24(26)27)23-5-3-9(4-6-23)13(25)21-14-19-8-20-22-14/h1-2,7-9H,3-6H2,(H2,19,20,21,22,25). The van der Waals surface area contributed by atoms with Crippen molar-refractivity contribution >= 4 is 23.2 Å². The first-order valence-corrected chi connectivity index (χ1v) is 8.02. The van der Waals surface area contributed by atoms with Crippen LogP contribution in [0.2, 0.25) is 0 Å². The molecule has 1 saturated heterocycles. The van der Waals surface area contributed by atoms with Crippen LogP contribution >= 0.6 is 0 Å². The van der Waals surface area contributed by atoms with Gasteiger partial charge >= 0.3 is 6.18 Å². The number of rotatable bonds is 4. The number of nitrogens with one attached hydrogen (secondary N) is 2. The van der Waals surface area contributed by atoms with E-state index >= 15 is 0 Å². The summed E-state index contributed by atoms with van der Waals surface area (Å²) in [6, 6.07) is 2.47. The Bertz CT molecular complexity index is 832. The molecule has 0 radical (unpaired) electrons. The average Bonchev–Trinajstić information content (AvgIpc) is 3.13. The summed E-state index contributed by atoms with van der Waals surface area (Å²) < 4.78 is 38.4. The predicted octanol–water partition coefficient (Wildman–Crippen LogP) is 2.59. The first kappa shape index (κ1) is 18.6. The fourth-order valence-corrected chi connectivity index (χ4v) is 2.98. The van der Waals surface area contributed by atoms with Crippen LogP contribution < -0.4 is 10.2 Å². The number of alkyl halides is 3. The van der Waals surface area contributed by atoms with Gasteiger partial charge in [0.15, 0.2) is 0 Å². The molecule has 27 heavy (non-hydrogen) atoms. The minimum atomic E-state index is -4.66. The predicted molar refractivity (Wildman–Crippen MR) is 88.0 cm³/mol. The quantitative estimate of drug-likeness (QED) is 0.618. The highest BCUT2D eigenvalue weighted by Gasteiger charge is 2.35. The molecule has 2 N–H and O–H groups in total. The Kier molecular flexibility index (Phi) is 4.97. The first-order valence-electron chi connectivity index (χ1n) is 8.02. The molecule has 1 aromatic carbocycles. The van der Waals surface area contributed by atoms with E-state index in [9.17, 15) is 28.1 Å². The Balaban J connectivity index is 1.70. The number of hydrogen-bond acceptors (Lipinski definition) is 6. The largest absolute Gasteiger partial charge is 0.416 e. The summed E-state index contributed by atoms with van der Waals surface area (Å²) in [7, 11) is 0. The lowest BCUT2D eigenvalue weighted by atomic mass is 9.95. The summed E-state index contributed by atoms with van der Waals surface area (Å²) in [5, 5.41) is 19.9. The maximum atomic E-state index is 12.8. The van der Waals surface area contributed by atoms with Crippen LogP contribution in [-0.2, 0) is 11.0 Å². The Morgan fingerprint density at radius 1 is 1.33 bits per heavy atom. The molecule has 144 valence electrons. The fourth-order valence-electron chi connectivity index (χ4n) is 2.98. The van der Waals surface area contributed by atoms with Gasteiger partial charge in [-0.2, -0.15) is 23.3 Å². The molecule has 1 aliphatic rings. The number of hydrogen-bond donors (Lipinski definition) is 2. The van der Waals surface area contributed by atoms with Crippen LogP contribution in [0.1, 0.15) is 18.4 Å². The van der Waals surface area contributed by atoms with Gasteiger partial charge in [0.1, 0.15) is 12.0 Å². The van der Waals surface area contributed by atoms with Crippen molar-refractivity contribution in [1.29, 1.82) is 0 Å². The lowest BCUT2D eigenvalue weighted by molar-refractivity contribution is -0.384. The molecule has 1 aliphatic heterocycles. The van der Waals surface area contributed by atoms with Gasteiger partial charge < -0.3 is 4.90 Å². The smallest absolute Gasteiger partial charge is 0.366 e. The van der Waals surface area contributed by atoms with E-state index in [-0.39, 0.29) is 23.5 Å². The number of benzene rings is 1. The van der Waals surface area contributed by atoms with E-state index in [0.717, 1.165) is 12.1 Å². The number of carbonyl (C=O) groups is 1. The highest BCUT2D eigenvalue weighted by atomic mass is 19.4. The molecule has 0 aliphatic carbocycles. The molecular weight excluding hydrogens is 369 g/mol. The van der Waals surface area contributed by atoms with Crippen LogP contribution in [0.3, 0.4) is 0 Å². The molecular formula is C15H15F3N6O3. The van der Waals surface area contributed by atoms with Crippen molar-refractivity contribution in [3.63, 3.8) is 0 Å². The normalized spacial score (nSPS) is 15.6. The van der Waals surface area contributed by atoms with Crippen molar-refractivity contribution in [3.05, 3.63) is 40.2 Å². The zero-order valence-corrected chi connectivity index (χ0v) is 13.9. The maximum absolute atomic E-state index is 12.8. The Morgan fingerprint density at radius 3 is 2.59 bits per heavy atom. The molecule has 3 rings (SSSR count). The third-order valence-corrected chi connectivity index (χ3v) is 4.36. The molecule has 1 fully saturated rings. The van der Waals surface area contributed by atoms with E-state index in [4.69, 9.17) is 0 Å². The van der Waals surface area contributed by atoms with Gasteiger partial charge in [-0.15, -0.1) is 0 Å². The molecule has 0 atom stereocenters. The second kappa shape index (κ2) is 7.21. The van der Waals surface area contributed by atoms with Gasteiger partial charge in [-0.3, -0.25) is 20.2 Å². The van der Waals surface area contributed by atoms with E-state index < -0.39 is 22.4 Å². The van der Waals surface area contributed by atoms with Gasteiger partial charge in [0.2, 0.25) is 11.9 Å². The van der Waals surface area contributed by atoms with E-state index in [1.54, 1.807) is 4.90 Å². The number of anilines is 2. The van der Waals surface area contributed by atoms with Gasteiger partial charge in [-0.1, -0.05) is 0 Å². The Morgan fingerprint density at radius 2 is 2.04 bits per heavy atom. The van der Waals surface area contributed by atoms with Gasteiger partial charge in [0.25, 0.3) is 5.69 Å². The van der Waals surface area contributed by atoms with Gasteiger partial charge in [0.05, 0.1) is 10.5 Å². The molecule has 2 heterocycles. The number of nitro benzene ring substituents is 1. The molecule has 0 unspecified atom stereocenters. The van der Waals surface area contributed by atoms with Gasteiger partial charge in [-0.25, -0.2) is 5.10 Å². The second-order valence-corrected chi connectivity index (χ2v) is 6.04. The molecule has 0 bridgehead atoms. The number of halogens is 3. The van der Waals surface area contributed by atoms with Crippen LogP contribution in [0.15, 0.2) is 24.5 Å². The summed E-state index contributed by atoms with van der Waals surface area (Å²) in [4.78, 5) is 28.0. The van der Waals surface area contributed by atoms with Crippen molar-refractivity contribution in [3.8, 4) is 0 Å². The monoisotopic (exact) mass is 384 g/mol. The lowest BCUT2D eigenvalue weighted by Gasteiger charge is -2.32. The fraction of sp³-hybridized carbons (Fsp3) is 0.400. The van der Waals surface area contributed by atoms with Crippen molar-refractivity contribution in [2.75, 3.05) is 23.3 Å². The third-order valence-electron chi connectivity index (χ3n) is 4.36. The number of aromatic nitrogens is 3. The summed E-state index contributed by atoms with van der Waals surface area (Å²) in [6.07, 6.45) is -2.60. The second-order valence-electron chi connectivity index (χ2n) is 6.04. The highest BCUT2D eigenvalue weighted by molar-refractivity contribution is 5.91. The van der Waals surface area contributed by atoms with Gasteiger partial charge in [0, 0.05) is 25.1 Å². The number of H-pyrrole nitrogens is 1. The number of nitro groups is 1. The SMILES string of the molecule is O=C(Nc1ncn[nH]1)C1CCN(c2ccc(C(F)(F)F)cc2[N+](=O)[O-])CC1. The van der Waals surface area contributed by atoms with E-state index in [1.165, 1.54) is 6.33 Å². The van der Waals surface area contributed by atoms with Crippen LogP contribution in [0.25, 0.3) is 0 Å². The number of amides is 1. The number of nitrogens with zero attached hydrogens (tertiary/aromatic N) is 4. The van der Waals surface area contributed by atoms with E-state index in [0.29, 0.717) is 32.0 Å². The van der Waals surface area contributed by atoms with Crippen LogP contribution in [-0.4, -0.2) is 39.1 Å². The topological polar surface area (TPSA) is 117 Å². The zero-order chi connectivity index (χ0) is 19.6. The van der Waals surface area contributed by atoms with Crippen LogP contribution in [0, 0.1) is 16.0 Å². The maximum Gasteiger partial charge on any atom is 0.416 e. The number of carbonyl (C=O) groups excluding carboxylic acids is 1. The highest BCUT2D eigenvalue weighted by Crippen LogP contribution is 2.37. The first-order chi connectivity index (χ1) is 12.8. The van der Waals surface area contributed by atoms with Crippen molar-refractivity contribution in [2.45, 2.75) is 19.0 Å². The van der Waals surface area contributed by atoms with Crippen molar-refractivity contribution in [1.82, 2.24) is 15.2 Å². The van der Waals surface area contributed by atoms with Crippen molar-refractivity contribution < 1.29 is 22.9 Å². The average molecular weight is 384 g/mol. The third kappa shape index (κ3) is 4.15. The van der Waals surface area contributed by atoms with E-state index in [2.05, 4.69) is 20.5 Å². The van der Waals surface area contributed by atoms with Crippen LogP contribution in [0.4, 0.5) is 30.5 Å². The zero-order valence-electron chi connectivity index (χ0n) is 13.9. The Labute approximate surface area is 150 Å².